The van der Waals surface area contributed by atoms with Gasteiger partial charge >= 0.3 is 5.69 Å². The number of amides is 1. The number of aliphatic hydroxyl groups excluding tert-OH is 2. The fraction of sp³-hybridized carbons (Fsp3) is 0.524. The smallest absolute Gasteiger partial charge is 0.352 e. The van der Waals surface area contributed by atoms with Crippen LogP contribution in [0.25, 0.3) is 5.69 Å². The summed E-state index contributed by atoms with van der Waals surface area (Å²) < 4.78 is 1.64. The summed E-state index contributed by atoms with van der Waals surface area (Å²) in [4.78, 5) is 37.5. The van der Waals surface area contributed by atoms with Gasteiger partial charge < -0.3 is 20.6 Å². The lowest BCUT2D eigenvalue weighted by atomic mass is 9.94. The zero-order valence-electron chi connectivity index (χ0n) is 17.5. The molecule has 1 aliphatic rings. The van der Waals surface area contributed by atoms with Gasteiger partial charge in [-0.25, -0.2) is 4.79 Å². The van der Waals surface area contributed by atoms with Crippen molar-refractivity contribution in [1.82, 2.24) is 19.7 Å². The van der Waals surface area contributed by atoms with Crippen molar-refractivity contribution >= 4 is 17.5 Å². The van der Waals surface area contributed by atoms with E-state index in [2.05, 4.69) is 10.4 Å². The predicted octanol–water partition coefficient (Wildman–Crippen LogP) is 0.216. The van der Waals surface area contributed by atoms with E-state index in [0.717, 1.165) is 41.1 Å². The fourth-order valence-corrected chi connectivity index (χ4v) is 3.97. The van der Waals surface area contributed by atoms with E-state index in [1.165, 1.54) is 18.2 Å². The SMILES string of the molecule is O=C(NCC1(O)CCCCCC1)c1cc(-n2ncc(=O)n(CC(O)CO)c2=O)ccc1Cl. The Labute approximate surface area is 189 Å². The van der Waals surface area contributed by atoms with Gasteiger partial charge in [0.1, 0.15) is 6.20 Å². The van der Waals surface area contributed by atoms with Crippen LogP contribution in [0.1, 0.15) is 48.9 Å². The Morgan fingerprint density at radius 3 is 2.56 bits per heavy atom. The van der Waals surface area contributed by atoms with Gasteiger partial charge in [-0.3, -0.25) is 14.2 Å². The molecular weight excluding hydrogens is 440 g/mol. The number of aromatic nitrogens is 3. The first-order valence-corrected chi connectivity index (χ1v) is 10.9. The van der Waals surface area contributed by atoms with Gasteiger partial charge in [0.2, 0.25) is 0 Å². The van der Waals surface area contributed by atoms with Crippen LogP contribution in [0.3, 0.4) is 0 Å². The number of carbonyl (C=O) groups excluding carboxylic acids is 1. The molecule has 0 radical (unpaired) electrons. The van der Waals surface area contributed by atoms with Gasteiger partial charge in [-0.2, -0.15) is 9.78 Å². The van der Waals surface area contributed by atoms with Crippen molar-refractivity contribution in [2.45, 2.75) is 56.8 Å². The molecular formula is C21H27ClN4O6. The van der Waals surface area contributed by atoms with Crippen LogP contribution >= 0.6 is 11.6 Å². The van der Waals surface area contributed by atoms with Crippen molar-refractivity contribution in [3.8, 4) is 5.69 Å². The summed E-state index contributed by atoms with van der Waals surface area (Å²) in [6.07, 6.45) is 4.75. The monoisotopic (exact) mass is 466 g/mol. The molecule has 32 heavy (non-hydrogen) atoms. The molecule has 10 nitrogen and oxygen atoms in total. The van der Waals surface area contributed by atoms with Gasteiger partial charge in [-0.1, -0.05) is 37.3 Å². The highest BCUT2D eigenvalue weighted by Crippen LogP contribution is 2.26. The molecule has 1 fully saturated rings. The number of benzene rings is 1. The topological polar surface area (TPSA) is 147 Å². The summed E-state index contributed by atoms with van der Waals surface area (Å²) >= 11 is 6.20. The number of hydrogen-bond acceptors (Lipinski definition) is 7. The van der Waals surface area contributed by atoms with E-state index in [-0.39, 0.29) is 22.8 Å². The van der Waals surface area contributed by atoms with Crippen molar-refractivity contribution in [2.75, 3.05) is 13.2 Å². The molecule has 1 amide bonds. The van der Waals surface area contributed by atoms with Crippen LogP contribution < -0.4 is 16.6 Å². The van der Waals surface area contributed by atoms with Crippen LogP contribution in [0.15, 0.2) is 34.0 Å². The standard InChI is InChI=1S/C21H27ClN4O6/c22-17-6-5-14(26-20(31)25(11-15(28)12-27)18(29)10-24-26)9-16(17)19(30)23-13-21(32)7-3-1-2-4-8-21/h5-6,9-10,15,27-28,32H,1-4,7-8,11-13H2,(H,23,30). The molecule has 1 unspecified atom stereocenters. The van der Waals surface area contributed by atoms with Crippen molar-refractivity contribution < 1.29 is 20.1 Å². The lowest BCUT2D eigenvalue weighted by Gasteiger charge is -2.26. The highest BCUT2D eigenvalue weighted by molar-refractivity contribution is 6.33. The molecule has 0 spiro atoms. The third-order valence-electron chi connectivity index (χ3n) is 5.62. The number of nitrogens with zero attached hydrogens (tertiary/aromatic N) is 3. The molecule has 1 aliphatic carbocycles. The Balaban J connectivity index is 1.86. The number of aliphatic hydroxyl groups is 3. The minimum Gasteiger partial charge on any atom is -0.394 e. The molecule has 174 valence electrons. The second-order valence-corrected chi connectivity index (χ2v) is 8.52. The molecule has 3 rings (SSSR count). The minimum absolute atomic E-state index is 0.0863. The molecule has 2 aromatic rings. The molecule has 1 heterocycles. The predicted molar refractivity (Wildman–Crippen MR) is 117 cm³/mol. The number of carbonyl (C=O) groups is 1. The van der Waals surface area contributed by atoms with Gasteiger partial charge in [-0.05, 0) is 31.0 Å². The first-order valence-electron chi connectivity index (χ1n) is 10.5. The largest absolute Gasteiger partial charge is 0.394 e. The zero-order valence-corrected chi connectivity index (χ0v) is 18.3. The molecule has 11 heteroatoms. The lowest BCUT2D eigenvalue weighted by Crippen LogP contribution is -2.43. The van der Waals surface area contributed by atoms with E-state index in [1.807, 2.05) is 0 Å². The van der Waals surface area contributed by atoms with Gasteiger partial charge in [0.15, 0.2) is 0 Å². The van der Waals surface area contributed by atoms with E-state index in [4.69, 9.17) is 16.7 Å². The minimum atomic E-state index is -1.29. The molecule has 1 aromatic heterocycles. The number of hydrogen-bond donors (Lipinski definition) is 4. The van der Waals surface area contributed by atoms with E-state index >= 15 is 0 Å². The summed E-state index contributed by atoms with van der Waals surface area (Å²) in [5.74, 6) is -0.508. The van der Waals surface area contributed by atoms with Crippen LogP contribution in [0, 0.1) is 0 Å². The summed E-state index contributed by atoms with van der Waals surface area (Å²) in [5.41, 5.74) is -2.26. The Hall–Kier alpha value is -2.53. The molecule has 4 N–H and O–H groups in total. The van der Waals surface area contributed by atoms with Gasteiger partial charge in [-0.15, -0.1) is 0 Å². The van der Waals surface area contributed by atoms with Crippen LogP contribution in [0.2, 0.25) is 5.02 Å². The van der Waals surface area contributed by atoms with E-state index in [1.54, 1.807) is 0 Å². The lowest BCUT2D eigenvalue weighted by molar-refractivity contribution is 0.0246. The second-order valence-electron chi connectivity index (χ2n) is 8.11. The van der Waals surface area contributed by atoms with Crippen LogP contribution in [0.5, 0.6) is 0 Å². The Morgan fingerprint density at radius 1 is 1.22 bits per heavy atom. The normalized spacial score (nSPS) is 16.9. The second kappa shape index (κ2) is 10.4. The van der Waals surface area contributed by atoms with Crippen LogP contribution in [0.4, 0.5) is 0 Å². The highest BCUT2D eigenvalue weighted by atomic mass is 35.5. The summed E-state index contributed by atoms with van der Waals surface area (Å²) in [5, 5.41) is 36.1. The first-order chi connectivity index (χ1) is 15.2. The summed E-state index contributed by atoms with van der Waals surface area (Å²) in [6.45, 7) is -0.934. The highest BCUT2D eigenvalue weighted by Gasteiger charge is 2.29. The van der Waals surface area contributed by atoms with E-state index < -0.39 is 42.0 Å². The summed E-state index contributed by atoms with van der Waals surface area (Å²) in [6, 6.07) is 4.25. The third-order valence-corrected chi connectivity index (χ3v) is 5.95. The quantitative estimate of drug-likeness (QED) is 0.426. The zero-order chi connectivity index (χ0) is 23.3. The molecule has 1 saturated carbocycles. The Morgan fingerprint density at radius 2 is 1.91 bits per heavy atom. The van der Waals surface area contributed by atoms with Crippen molar-refractivity contribution in [3.63, 3.8) is 0 Å². The van der Waals surface area contributed by atoms with Crippen LogP contribution in [-0.4, -0.2) is 60.4 Å². The molecule has 0 bridgehead atoms. The maximum absolute atomic E-state index is 12.8. The average molecular weight is 467 g/mol. The van der Waals surface area contributed by atoms with Crippen LogP contribution in [-0.2, 0) is 6.54 Å². The number of nitrogens with one attached hydrogen (secondary N) is 1. The Bertz CT molecular complexity index is 1070. The maximum atomic E-state index is 12.8. The van der Waals surface area contributed by atoms with E-state index in [9.17, 15) is 24.6 Å². The van der Waals surface area contributed by atoms with Gasteiger partial charge in [0, 0.05) is 6.54 Å². The third kappa shape index (κ3) is 5.63. The molecule has 0 aliphatic heterocycles. The van der Waals surface area contributed by atoms with Crippen molar-refractivity contribution in [1.29, 1.82) is 0 Å². The average Bonchev–Trinajstić information content (AvgIpc) is 3.00. The number of rotatable bonds is 7. The van der Waals surface area contributed by atoms with Crippen molar-refractivity contribution in [3.05, 3.63) is 55.8 Å². The van der Waals surface area contributed by atoms with Crippen molar-refractivity contribution in [2.24, 2.45) is 0 Å². The fourth-order valence-electron chi connectivity index (χ4n) is 3.77. The molecule has 0 saturated heterocycles. The maximum Gasteiger partial charge on any atom is 0.352 e. The summed E-state index contributed by atoms with van der Waals surface area (Å²) in [7, 11) is 0. The van der Waals surface area contributed by atoms with Gasteiger partial charge in [0.25, 0.3) is 11.5 Å². The molecule has 1 atom stereocenters. The van der Waals surface area contributed by atoms with Gasteiger partial charge in [0.05, 0.1) is 41.1 Å². The molecule has 1 aromatic carbocycles. The first kappa shape index (κ1) is 24.1. The van der Waals surface area contributed by atoms with E-state index in [0.29, 0.717) is 12.8 Å². The number of halogens is 1. The Kier molecular flexibility index (Phi) is 7.83.